The first-order valence-corrected chi connectivity index (χ1v) is 9.81. The number of amides is 1. The Morgan fingerprint density at radius 3 is 2.30 bits per heavy atom. The van der Waals surface area contributed by atoms with Crippen molar-refractivity contribution in [3.05, 3.63) is 71.3 Å². The lowest BCUT2D eigenvalue weighted by molar-refractivity contribution is -0.126. The monoisotopic (exact) mass is 368 g/mol. The minimum atomic E-state index is -0.270. The van der Waals surface area contributed by atoms with Crippen molar-refractivity contribution in [3.63, 3.8) is 0 Å². The molecular weight excluding hydrogens is 336 g/mol. The molecule has 2 rings (SSSR count). The van der Waals surface area contributed by atoms with E-state index in [1.165, 1.54) is 0 Å². The molecule has 2 aromatic rings. The number of hydrogen-bond donors (Lipinski definition) is 1. The summed E-state index contributed by atoms with van der Waals surface area (Å²) in [6.45, 7) is 11.0. The molecule has 0 bridgehead atoms. The normalized spacial score (nSPS) is 12.4. The van der Waals surface area contributed by atoms with Gasteiger partial charge in [-0.15, -0.1) is 0 Å². The maximum Gasteiger partial charge on any atom is 0.242 e. The second-order valence-corrected chi connectivity index (χ2v) is 6.93. The van der Waals surface area contributed by atoms with Crippen LogP contribution in [-0.4, -0.2) is 30.0 Å². The summed E-state index contributed by atoms with van der Waals surface area (Å²) < 4.78 is 5.67. The number of benzene rings is 2. The van der Waals surface area contributed by atoms with Crippen molar-refractivity contribution in [2.24, 2.45) is 0 Å². The van der Waals surface area contributed by atoms with Gasteiger partial charge in [-0.3, -0.25) is 9.69 Å². The van der Waals surface area contributed by atoms with Crippen molar-refractivity contribution in [2.45, 2.75) is 53.0 Å². The predicted molar refractivity (Wildman–Crippen MR) is 110 cm³/mol. The Kier molecular flexibility index (Phi) is 8.49. The van der Waals surface area contributed by atoms with Gasteiger partial charge in [0.2, 0.25) is 5.91 Å². The number of nitrogens with one attached hydrogen (secondary N) is 1. The highest BCUT2D eigenvalue weighted by atomic mass is 16.5. The molecule has 0 aliphatic carbocycles. The molecule has 2 aromatic carbocycles. The number of likely N-dealkylation sites (N-methyl/N-ethyl adjacent to an activating group) is 1. The Labute approximate surface area is 163 Å². The van der Waals surface area contributed by atoms with E-state index >= 15 is 0 Å². The van der Waals surface area contributed by atoms with Gasteiger partial charge in [0.05, 0.1) is 12.7 Å². The molecule has 0 aliphatic heterocycles. The van der Waals surface area contributed by atoms with E-state index in [9.17, 15) is 4.79 Å². The van der Waals surface area contributed by atoms with Crippen molar-refractivity contribution in [3.8, 4) is 0 Å². The summed E-state index contributed by atoms with van der Waals surface area (Å²) in [6.07, 6.45) is 0.203. The molecule has 0 aromatic heterocycles. The molecule has 1 N–H and O–H groups in total. The van der Waals surface area contributed by atoms with Crippen molar-refractivity contribution in [1.82, 2.24) is 10.2 Å². The molecule has 0 heterocycles. The van der Waals surface area contributed by atoms with Gasteiger partial charge in [0.1, 0.15) is 6.04 Å². The van der Waals surface area contributed by atoms with Crippen LogP contribution >= 0.6 is 0 Å². The number of carbonyl (C=O) groups is 1. The van der Waals surface area contributed by atoms with Gasteiger partial charge in [0.25, 0.3) is 0 Å². The van der Waals surface area contributed by atoms with Crippen molar-refractivity contribution in [1.29, 1.82) is 0 Å². The topological polar surface area (TPSA) is 41.6 Å². The second kappa shape index (κ2) is 10.9. The van der Waals surface area contributed by atoms with Gasteiger partial charge in [-0.25, -0.2) is 0 Å². The van der Waals surface area contributed by atoms with Crippen LogP contribution in [0.25, 0.3) is 0 Å². The SMILES string of the molecule is CCN(CC)C(C(=O)NCc1cccc(COC(C)C)c1)c1ccccc1. The van der Waals surface area contributed by atoms with E-state index in [0.29, 0.717) is 13.2 Å². The zero-order valence-corrected chi connectivity index (χ0v) is 16.9. The van der Waals surface area contributed by atoms with Crippen molar-refractivity contribution in [2.75, 3.05) is 13.1 Å². The molecule has 0 saturated carbocycles. The van der Waals surface area contributed by atoms with Crippen LogP contribution in [0.1, 0.15) is 50.4 Å². The smallest absolute Gasteiger partial charge is 0.242 e. The number of rotatable bonds is 10. The van der Waals surface area contributed by atoms with Crippen molar-refractivity contribution < 1.29 is 9.53 Å². The molecule has 146 valence electrons. The van der Waals surface area contributed by atoms with Crippen LogP contribution in [0, 0.1) is 0 Å². The fourth-order valence-electron chi connectivity index (χ4n) is 3.13. The number of nitrogens with zero attached hydrogens (tertiary/aromatic N) is 1. The molecule has 1 amide bonds. The van der Waals surface area contributed by atoms with E-state index in [4.69, 9.17) is 4.74 Å². The number of ether oxygens (including phenoxy) is 1. The number of carbonyl (C=O) groups excluding carboxylic acids is 1. The highest BCUT2D eigenvalue weighted by molar-refractivity contribution is 5.83. The first kappa shape index (κ1) is 21.1. The summed E-state index contributed by atoms with van der Waals surface area (Å²) in [5.74, 6) is 0.0359. The highest BCUT2D eigenvalue weighted by Crippen LogP contribution is 2.21. The molecule has 0 saturated heterocycles. The van der Waals surface area contributed by atoms with E-state index in [-0.39, 0.29) is 18.1 Å². The van der Waals surface area contributed by atoms with Crippen LogP contribution in [-0.2, 0) is 22.7 Å². The van der Waals surface area contributed by atoms with E-state index in [2.05, 4.69) is 36.2 Å². The molecule has 1 atom stereocenters. The standard InChI is InChI=1S/C23H32N2O2/c1-5-25(6-2)22(21-13-8-7-9-14-21)23(26)24-16-19-11-10-12-20(15-19)17-27-18(3)4/h7-15,18,22H,5-6,16-17H2,1-4H3,(H,24,26). The lowest BCUT2D eigenvalue weighted by Crippen LogP contribution is -2.40. The van der Waals surface area contributed by atoms with Gasteiger partial charge in [-0.1, -0.05) is 68.4 Å². The molecule has 1 unspecified atom stereocenters. The molecule has 27 heavy (non-hydrogen) atoms. The fourth-order valence-corrected chi connectivity index (χ4v) is 3.13. The first-order chi connectivity index (χ1) is 13.0. The lowest BCUT2D eigenvalue weighted by atomic mass is 10.0. The zero-order chi connectivity index (χ0) is 19.6. The van der Waals surface area contributed by atoms with E-state index in [1.54, 1.807) is 0 Å². The van der Waals surface area contributed by atoms with Crippen LogP contribution < -0.4 is 5.32 Å². The summed E-state index contributed by atoms with van der Waals surface area (Å²) in [5.41, 5.74) is 3.23. The summed E-state index contributed by atoms with van der Waals surface area (Å²) in [6, 6.07) is 17.9. The third-order valence-corrected chi connectivity index (χ3v) is 4.58. The zero-order valence-electron chi connectivity index (χ0n) is 16.9. The summed E-state index contributed by atoms with van der Waals surface area (Å²) >= 11 is 0. The van der Waals surface area contributed by atoms with Gasteiger partial charge in [0, 0.05) is 6.54 Å². The average Bonchev–Trinajstić information content (AvgIpc) is 2.69. The predicted octanol–water partition coefficient (Wildman–Crippen LogP) is 4.31. The van der Waals surface area contributed by atoms with Crippen LogP contribution in [0.15, 0.2) is 54.6 Å². The third-order valence-electron chi connectivity index (χ3n) is 4.58. The maximum absolute atomic E-state index is 13.0. The fraction of sp³-hybridized carbons (Fsp3) is 0.435. The van der Waals surface area contributed by atoms with Gasteiger partial charge in [-0.2, -0.15) is 0 Å². The van der Waals surface area contributed by atoms with Gasteiger partial charge in [-0.05, 0) is 43.6 Å². The van der Waals surface area contributed by atoms with Crippen LogP contribution in [0.2, 0.25) is 0 Å². The quantitative estimate of drug-likeness (QED) is 0.679. The second-order valence-electron chi connectivity index (χ2n) is 6.93. The Morgan fingerprint density at radius 1 is 1.00 bits per heavy atom. The lowest BCUT2D eigenvalue weighted by Gasteiger charge is -2.29. The minimum absolute atomic E-state index is 0.0359. The number of hydrogen-bond acceptors (Lipinski definition) is 3. The molecule has 4 heteroatoms. The summed E-state index contributed by atoms with van der Waals surface area (Å²) in [5, 5.41) is 3.12. The largest absolute Gasteiger partial charge is 0.374 e. The average molecular weight is 369 g/mol. The van der Waals surface area contributed by atoms with E-state index in [1.807, 2.05) is 56.3 Å². The Morgan fingerprint density at radius 2 is 1.67 bits per heavy atom. The van der Waals surface area contributed by atoms with Crippen molar-refractivity contribution >= 4 is 5.91 Å². The Hall–Kier alpha value is -2.17. The molecule has 0 aliphatic rings. The first-order valence-electron chi connectivity index (χ1n) is 9.81. The van der Waals surface area contributed by atoms with E-state index in [0.717, 1.165) is 29.8 Å². The molecular formula is C23H32N2O2. The maximum atomic E-state index is 13.0. The van der Waals surface area contributed by atoms with Crippen LogP contribution in [0.5, 0.6) is 0 Å². The molecule has 0 fully saturated rings. The van der Waals surface area contributed by atoms with Crippen LogP contribution in [0.3, 0.4) is 0 Å². The third kappa shape index (κ3) is 6.49. The van der Waals surface area contributed by atoms with Crippen LogP contribution in [0.4, 0.5) is 0 Å². The summed E-state index contributed by atoms with van der Waals surface area (Å²) in [4.78, 5) is 15.2. The molecule has 4 nitrogen and oxygen atoms in total. The van der Waals surface area contributed by atoms with E-state index < -0.39 is 0 Å². The molecule has 0 radical (unpaired) electrons. The van der Waals surface area contributed by atoms with Gasteiger partial charge < -0.3 is 10.1 Å². The van der Waals surface area contributed by atoms with Gasteiger partial charge in [0.15, 0.2) is 0 Å². The Bertz CT molecular complexity index is 697. The molecule has 0 spiro atoms. The highest BCUT2D eigenvalue weighted by Gasteiger charge is 2.25. The Balaban J connectivity index is 2.06. The minimum Gasteiger partial charge on any atom is -0.374 e. The summed E-state index contributed by atoms with van der Waals surface area (Å²) in [7, 11) is 0. The van der Waals surface area contributed by atoms with Gasteiger partial charge >= 0.3 is 0 Å².